The molecule has 1 aliphatic heterocycles. The highest BCUT2D eigenvalue weighted by atomic mass is 35.5. The van der Waals surface area contributed by atoms with Crippen LogP contribution in [-0.4, -0.2) is 29.2 Å². The maximum absolute atomic E-state index is 12.6. The van der Waals surface area contributed by atoms with Crippen molar-refractivity contribution in [2.45, 2.75) is 32.6 Å². The van der Waals surface area contributed by atoms with Gasteiger partial charge in [-0.05, 0) is 55.7 Å². The molecule has 2 bridgehead atoms. The van der Waals surface area contributed by atoms with Crippen molar-refractivity contribution in [1.82, 2.24) is 4.90 Å². The van der Waals surface area contributed by atoms with Crippen LogP contribution in [0.25, 0.3) is 0 Å². The first-order chi connectivity index (χ1) is 12.0. The summed E-state index contributed by atoms with van der Waals surface area (Å²) in [6, 6.07) is 5.32. The predicted octanol–water partition coefficient (Wildman–Crippen LogP) is 3.01. The second kappa shape index (κ2) is 6.13. The number of hydrogen-bond donors (Lipinski definition) is 1. The number of hydrogen-bond acceptors (Lipinski definition) is 3. The van der Waals surface area contributed by atoms with Gasteiger partial charge in [-0.1, -0.05) is 17.7 Å². The van der Waals surface area contributed by atoms with E-state index in [-0.39, 0.29) is 42.5 Å². The third kappa shape index (κ3) is 2.74. The van der Waals surface area contributed by atoms with Crippen LogP contribution >= 0.6 is 11.6 Å². The summed E-state index contributed by atoms with van der Waals surface area (Å²) in [4.78, 5) is 38.7. The Kier molecular flexibility index (Phi) is 4.07. The minimum atomic E-state index is -0.222. The molecule has 0 unspecified atom stereocenters. The van der Waals surface area contributed by atoms with Gasteiger partial charge >= 0.3 is 0 Å². The Morgan fingerprint density at radius 1 is 1.20 bits per heavy atom. The summed E-state index contributed by atoms with van der Waals surface area (Å²) in [5.74, 6) is 0.165. The number of carbonyl (C=O) groups is 3. The topological polar surface area (TPSA) is 66.5 Å². The third-order valence-corrected chi connectivity index (χ3v) is 6.44. The normalized spacial score (nSPS) is 30.1. The van der Waals surface area contributed by atoms with E-state index in [1.807, 2.05) is 13.0 Å². The first-order valence-electron chi connectivity index (χ1n) is 8.87. The van der Waals surface area contributed by atoms with E-state index >= 15 is 0 Å². The largest absolute Gasteiger partial charge is 0.326 e. The summed E-state index contributed by atoms with van der Waals surface area (Å²) in [7, 11) is 0. The lowest BCUT2D eigenvalue weighted by Crippen LogP contribution is -2.35. The van der Waals surface area contributed by atoms with E-state index in [2.05, 4.69) is 5.32 Å². The Balaban J connectivity index is 1.36. The average Bonchev–Trinajstić information content (AvgIpc) is 3.24. The van der Waals surface area contributed by atoms with Crippen LogP contribution in [0.1, 0.15) is 31.2 Å². The van der Waals surface area contributed by atoms with Crippen LogP contribution in [0.3, 0.4) is 0 Å². The highest BCUT2D eigenvalue weighted by Gasteiger charge is 2.60. The molecule has 25 heavy (non-hydrogen) atoms. The van der Waals surface area contributed by atoms with E-state index in [1.165, 1.54) is 4.90 Å². The number of amides is 3. The van der Waals surface area contributed by atoms with Gasteiger partial charge in [0.25, 0.3) is 0 Å². The highest BCUT2D eigenvalue weighted by molar-refractivity contribution is 6.31. The number of rotatable bonds is 4. The number of likely N-dealkylation sites (tertiary alicyclic amines) is 1. The van der Waals surface area contributed by atoms with Crippen LogP contribution in [0.15, 0.2) is 18.2 Å². The van der Waals surface area contributed by atoms with Gasteiger partial charge < -0.3 is 5.32 Å². The SMILES string of the molecule is Cc1ccc(NC(=O)CCN2C(=O)[C@@H]3[C@H]4CC[C@H](C4)[C@@H]3C2=O)cc1Cl. The van der Waals surface area contributed by atoms with E-state index in [0.29, 0.717) is 22.5 Å². The van der Waals surface area contributed by atoms with Gasteiger partial charge in [0.05, 0.1) is 11.8 Å². The molecular formula is C19H21ClN2O3. The Hall–Kier alpha value is -1.88. The lowest BCUT2D eigenvalue weighted by molar-refractivity contribution is -0.140. The monoisotopic (exact) mass is 360 g/mol. The number of anilines is 1. The number of nitrogens with one attached hydrogen (secondary N) is 1. The van der Waals surface area contributed by atoms with Crippen LogP contribution in [0.4, 0.5) is 5.69 Å². The molecule has 1 aromatic carbocycles. The minimum absolute atomic E-state index is 0.0617. The Labute approximate surface area is 151 Å². The number of halogens is 1. The standard InChI is InChI=1S/C19H21ClN2O3/c1-10-2-5-13(9-14(10)20)21-15(23)6-7-22-18(24)16-11-3-4-12(8-11)17(16)19(22)25/h2,5,9,11-12,16-17H,3-4,6-8H2,1H3,(H,21,23)/t11-,12+,16+,17-. The number of nitrogens with zero attached hydrogens (tertiary/aromatic N) is 1. The van der Waals surface area contributed by atoms with Crippen molar-refractivity contribution in [2.24, 2.45) is 23.7 Å². The quantitative estimate of drug-likeness (QED) is 0.839. The molecular weight excluding hydrogens is 340 g/mol. The van der Waals surface area contributed by atoms with E-state index in [0.717, 1.165) is 24.8 Å². The molecule has 0 radical (unpaired) electrons. The predicted molar refractivity (Wildman–Crippen MR) is 94.0 cm³/mol. The first kappa shape index (κ1) is 16.6. The van der Waals surface area contributed by atoms with Crippen molar-refractivity contribution in [3.8, 4) is 0 Å². The van der Waals surface area contributed by atoms with Gasteiger partial charge in [-0.3, -0.25) is 19.3 Å². The zero-order chi connectivity index (χ0) is 17.7. The summed E-state index contributed by atoms with van der Waals surface area (Å²) in [6.07, 6.45) is 3.26. The molecule has 1 aromatic rings. The van der Waals surface area contributed by atoms with E-state index in [9.17, 15) is 14.4 Å². The molecule has 0 aromatic heterocycles. The van der Waals surface area contributed by atoms with Gasteiger partial charge in [-0.25, -0.2) is 0 Å². The van der Waals surface area contributed by atoms with Gasteiger partial charge in [0, 0.05) is 23.7 Å². The molecule has 4 atom stereocenters. The molecule has 3 amide bonds. The summed E-state index contributed by atoms with van der Waals surface area (Å²) >= 11 is 6.06. The molecule has 3 fully saturated rings. The van der Waals surface area contributed by atoms with Crippen LogP contribution in [0, 0.1) is 30.6 Å². The fourth-order valence-corrected chi connectivity index (χ4v) is 4.98. The number of aryl methyl sites for hydroxylation is 1. The fraction of sp³-hybridized carbons (Fsp3) is 0.526. The van der Waals surface area contributed by atoms with Gasteiger partial charge in [-0.15, -0.1) is 0 Å². The zero-order valence-electron chi connectivity index (χ0n) is 14.1. The van der Waals surface area contributed by atoms with Gasteiger partial charge in [0.2, 0.25) is 17.7 Å². The molecule has 2 aliphatic carbocycles. The summed E-state index contributed by atoms with van der Waals surface area (Å²) in [5.41, 5.74) is 1.56. The van der Waals surface area contributed by atoms with E-state index < -0.39 is 0 Å². The molecule has 1 heterocycles. The number of imide groups is 1. The van der Waals surface area contributed by atoms with Crippen molar-refractivity contribution in [3.05, 3.63) is 28.8 Å². The van der Waals surface area contributed by atoms with Gasteiger partial charge in [0.1, 0.15) is 0 Å². The fourth-order valence-electron chi connectivity index (χ4n) is 4.80. The molecule has 1 N–H and O–H groups in total. The zero-order valence-corrected chi connectivity index (χ0v) is 14.9. The van der Waals surface area contributed by atoms with Crippen LogP contribution in [0.5, 0.6) is 0 Å². The van der Waals surface area contributed by atoms with Crippen molar-refractivity contribution < 1.29 is 14.4 Å². The van der Waals surface area contributed by atoms with Gasteiger partial charge in [-0.2, -0.15) is 0 Å². The average molecular weight is 361 g/mol. The van der Waals surface area contributed by atoms with E-state index in [1.54, 1.807) is 12.1 Å². The maximum Gasteiger partial charge on any atom is 0.233 e. The maximum atomic E-state index is 12.6. The number of benzene rings is 1. The minimum Gasteiger partial charge on any atom is -0.326 e. The number of carbonyl (C=O) groups excluding carboxylic acids is 3. The van der Waals surface area contributed by atoms with Crippen molar-refractivity contribution in [2.75, 3.05) is 11.9 Å². The van der Waals surface area contributed by atoms with Crippen molar-refractivity contribution in [3.63, 3.8) is 0 Å². The molecule has 5 nitrogen and oxygen atoms in total. The highest BCUT2D eigenvalue weighted by Crippen LogP contribution is 2.56. The van der Waals surface area contributed by atoms with Gasteiger partial charge in [0.15, 0.2) is 0 Å². The smallest absolute Gasteiger partial charge is 0.233 e. The molecule has 4 rings (SSSR count). The summed E-state index contributed by atoms with van der Waals surface area (Å²) in [5, 5.41) is 3.36. The third-order valence-electron chi connectivity index (χ3n) is 6.04. The molecule has 1 saturated heterocycles. The molecule has 0 spiro atoms. The van der Waals surface area contributed by atoms with E-state index in [4.69, 9.17) is 11.6 Å². The molecule has 6 heteroatoms. The second-order valence-corrected chi connectivity index (χ2v) is 7.88. The Bertz CT molecular complexity index is 735. The van der Waals surface area contributed by atoms with Crippen LogP contribution < -0.4 is 5.32 Å². The lowest BCUT2D eigenvalue weighted by Gasteiger charge is -2.19. The van der Waals surface area contributed by atoms with Crippen LogP contribution in [0.2, 0.25) is 5.02 Å². The second-order valence-electron chi connectivity index (χ2n) is 7.48. The van der Waals surface area contributed by atoms with Crippen LogP contribution in [-0.2, 0) is 14.4 Å². The first-order valence-corrected chi connectivity index (χ1v) is 9.24. The lowest BCUT2D eigenvalue weighted by atomic mass is 9.81. The molecule has 3 aliphatic rings. The Morgan fingerprint density at radius 3 is 2.44 bits per heavy atom. The molecule has 132 valence electrons. The Morgan fingerprint density at radius 2 is 1.84 bits per heavy atom. The summed E-state index contributed by atoms with van der Waals surface area (Å²) in [6.45, 7) is 2.05. The summed E-state index contributed by atoms with van der Waals surface area (Å²) < 4.78 is 0. The van der Waals surface area contributed by atoms with Crippen molar-refractivity contribution in [1.29, 1.82) is 0 Å². The molecule has 2 saturated carbocycles. The van der Waals surface area contributed by atoms with Crippen molar-refractivity contribution >= 4 is 35.0 Å². The number of fused-ring (bicyclic) bond motifs is 5.